The van der Waals surface area contributed by atoms with Gasteiger partial charge in [-0.2, -0.15) is 0 Å². The van der Waals surface area contributed by atoms with Crippen LogP contribution in [0.2, 0.25) is 0 Å². The molecule has 0 aromatic heterocycles. The summed E-state index contributed by atoms with van der Waals surface area (Å²) in [5.41, 5.74) is 4.83. The molecular weight excluding hydrogens is 480 g/mol. The Balaban J connectivity index is 1.03. The minimum absolute atomic E-state index is 0.0140. The average Bonchev–Trinajstić information content (AvgIpc) is 3.02. The molecule has 1 aliphatic heterocycles. The van der Waals surface area contributed by atoms with Crippen molar-refractivity contribution in [3.05, 3.63) is 144 Å². The third-order valence-electron chi connectivity index (χ3n) is 7.47. The molecule has 0 saturated carbocycles. The Bertz CT molecular complexity index is 1120. The predicted octanol–water partition coefficient (Wildman–Crippen LogP) is 6.61. The summed E-state index contributed by atoms with van der Waals surface area (Å²) >= 11 is 0. The largest absolute Gasteiger partial charge is 0.369 e. The van der Waals surface area contributed by atoms with Gasteiger partial charge < -0.3 is 14.4 Å². The number of rotatable bonds is 13. The summed E-state index contributed by atoms with van der Waals surface area (Å²) in [4.78, 5) is 5.10. The van der Waals surface area contributed by atoms with Gasteiger partial charge in [0.05, 0.1) is 6.61 Å². The first-order valence-electron chi connectivity index (χ1n) is 14.2. The zero-order chi connectivity index (χ0) is 26.5. The van der Waals surface area contributed by atoms with E-state index >= 15 is 0 Å². The third-order valence-corrected chi connectivity index (χ3v) is 7.47. The Labute approximate surface area is 233 Å². The van der Waals surface area contributed by atoms with Crippen LogP contribution in [0.3, 0.4) is 0 Å². The van der Waals surface area contributed by atoms with Crippen molar-refractivity contribution in [2.24, 2.45) is 0 Å². The molecule has 1 fully saturated rings. The maximum absolute atomic E-state index is 6.45. The number of benzene rings is 4. The Kier molecular flexibility index (Phi) is 10.3. The minimum Gasteiger partial charge on any atom is -0.369 e. The summed E-state index contributed by atoms with van der Waals surface area (Å²) in [6, 6.07) is 42.2. The quantitative estimate of drug-likeness (QED) is 0.185. The first-order valence-corrected chi connectivity index (χ1v) is 14.2. The number of nitrogens with zero attached hydrogens (tertiary/aromatic N) is 2. The van der Waals surface area contributed by atoms with Gasteiger partial charge in [-0.1, -0.05) is 121 Å². The van der Waals surface area contributed by atoms with Crippen molar-refractivity contribution >= 4 is 0 Å². The van der Waals surface area contributed by atoms with E-state index in [0.717, 1.165) is 58.9 Å². The Morgan fingerprint density at radius 1 is 0.436 bits per heavy atom. The van der Waals surface area contributed by atoms with Gasteiger partial charge in [0, 0.05) is 45.9 Å². The predicted molar refractivity (Wildman–Crippen MR) is 159 cm³/mol. The van der Waals surface area contributed by atoms with Gasteiger partial charge in [-0.15, -0.1) is 0 Å². The van der Waals surface area contributed by atoms with Gasteiger partial charge in [0.15, 0.2) is 0 Å². The van der Waals surface area contributed by atoms with Crippen molar-refractivity contribution in [3.63, 3.8) is 0 Å². The zero-order valence-corrected chi connectivity index (χ0v) is 22.8. The molecule has 0 atom stereocenters. The van der Waals surface area contributed by atoms with E-state index in [-0.39, 0.29) is 12.2 Å². The van der Waals surface area contributed by atoms with E-state index in [4.69, 9.17) is 9.47 Å². The van der Waals surface area contributed by atoms with Crippen LogP contribution in [-0.4, -0.2) is 62.3 Å². The van der Waals surface area contributed by atoms with Crippen molar-refractivity contribution in [3.8, 4) is 0 Å². The highest BCUT2D eigenvalue weighted by molar-refractivity contribution is 5.31. The first kappa shape index (κ1) is 27.3. The average molecular weight is 521 g/mol. The number of ether oxygens (including phenoxy) is 2. The summed E-state index contributed by atoms with van der Waals surface area (Å²) in [5.74, 6) is 0. The first-order chi connectivity index (χ1) is 19.4. The van der Waals surface area contributed by atoms with Crippen LogP contribution in [0.4, 0.5) is 0 Å². The summed E-state index contributed by atoms with van der Waals surface area (Å²) in [6.07, 6.45) is 0.999. The van der Waals surface area contributed by atoms with E-state index in [1.54, 1.807) is 0 Å². The van der Waals surface area contributed by atoms with Crippen LogP contribution in [0.5, 0.6) is 0 Å². The van der Waals surface area contributed by atoms with E-state index < -0.39 is 0 Å². The van der Waals surface area contributed by atoms with Crippen molar-refractivity contribution in [1.29, 1.82) is 0 Å². The molecule has 4 heteroatoms. The van der Waals surface area contributed by atoms with E-state index in [9.17, 15) is 0 Å². The van der Waals surface area contributed by atoms with Gasteiger partial charge >= 0.3 is 0 Å². The highest BCUT2D eigenvalue weighted by Gasteiger charge is 2.19. The second kappa shape index (κ2) is 14.8. The summed E-state index contributed by atoms with van der Waals surface area (Å²) in [5, 5.41) is 0. The summed E-state index contributed by atoms with van der Waals surface area (Å²) in [7, 11) is 0. The van der Waals surface area contributed by atoms with Crippen LogP contribution in [0, 0.1) is 0 Å². The summed E-state index contributed by atoms with van der Waals surface area (Å²) in [6.45, 7) is 7.88. The molecule has 0 unspecified atom stereocenters. The van der Waals surface area contributed by atoms with E-state index in [0.29, 0.717) is 0 Å². The molecule has 0 amide bonds. The molecule has 4 aromatic rings. The number of piperazine rings is 1. The Hall–Kier alpha value is -3.28. The molecule has 1 aliphatic rings. The molecule has 0 bridgehead atoms. The van der Waals surface area contributed by atoms with Crippen molar-refractivity contribution < 1.29 is 9.47 Å². The fourth-order valence-corrected chi connectivity index (χ4v) is 5.31. The second-order valence-corrected chi connectivity index (χ2v) is 10.2. The number of hydrogen-bond acceptors (Lipinski definition) is 4. The standard InChI is InChI=1S/C35H40N2O2/c1-5-14-30(15-6-1)34(31-16-7-2-8-17-31)38-28-13-22-36-23-25-37(26-24-36)27-29-39-35(32-18-9-3-10-19-32)33-20-11-4-12-21-33/h1-12,14-21,34-35H,13,22-29H2. The molecule has 0 N–H and O–H groups in total. The van der Waals surface area contributed by atoms with E-state index in [1.807, 2.05) is 0 Å². The highest BCUT2D eigenvalue weighted by Crippen LogP contribution is 2.27. The van der Waals surface area contributed by atoms with Gasteiger partial charge in [0.25, 0.3) is 0 Å². The van der Waals surface area contributed by atoms with Crippen molar-refractivity contribution in [1.82, 2.24) is 9.80 Å². The highest BCUT2D eigenvalue weighted by atomic mass is 16.5. The topological polar surface area (TPSA) is 24.9 Å². The molecule has 1 saturated heterocycles. The van der Waals surface area contributed by atoms with Gasteiger partial charge in [0.1, 0.15) is 12.2 Å². The smallest absolute Gasteiger partial charge is 0.108 e. The van der Waals surface area contributed by atoms with Crippen molar-refractivity contribution in [2.75, 3.05) is 52.5 Å². The van der Waals surface area contributed by atoms with E-state index in [2.05, 4.69) is 131 Å². The van der Waals surface area contributed by atoms with Crippen LogP contribution in [0.1, 0.15) is 40.9 Å². The van der Waals surface area contributed by atoms with Crippen LogP contribution in [0.15, 0.2) is 121 Å². The lowest BCUT2D eigenvalue weighted by atomic mass is 10.0. The molecule has 1 heterocycles. The molecule has 4 nitrogen and oxygen atoms in total. The van der Waals surface area contributed by atoms with Crippen LogP contribution >= 0.6 is 0 Å². The molecular formula is C35H40N2O2. The molecule has 0 aliphatic carbocycles. The third kappa shape index (κ3) is 8.11. The lowest BCUT2D eigenvalue weighted by Gasteiger charge is -2.35. The molecule has 5 rings (SSSR count). The lowest BCUT2D eigenvalue weighted by Crippen LogP contribution is -2.47. The fraction of sp³-hybridized carbons (Fsp3) is 0.314. The van der Waals surface area contributed by atoms with Gasteiger partial charge in [-0.3, -0.25) is 4.90 Å². The maximum Gasteiger partial charge on any atom is 0.108 e. The van der Waals surface area contributed by atoms with Gasteiger partial charge in [-0.25, -0.2) is 0 Å². The van der Waals surface area contributed by atoms with Crippen molar-refractivity contribution in [2.45, 2.75) is 18.6 Å². The normalized spacial score (nSPS) is 14.7. The van der Waals surface area contributed by atoms with Gasteiger partial charge in [0.2, 0.25) is 0 Å². The molecule has 0 spiro atoms. The molecule has 39 heavy (non-hydrogen) atoms. The van der Waals surface area contributed by atoms with Crippen LogP contribution < -0.4 is 0 Å². The zero-order valence-electron chi connectivity index (χ0n) is 22.8. The second-order valence-electron chi connectivity index (χ2n) is 10.2. The summed E-state index contributed by atoms with van der Waals surface area (Å²) < 4.78 is 12.9. The SMILES string of the molecule is c1ccc(C(OCCCN2CCN(CCOC(c3ccccc3)c3ccccc3)CC2)c2ccccc2)cc1. The lowest BCUT2D eigenvalue weighted by molar-refractivity contribution is 0.0403. The Morgan fingerprint density at radius 3 is 1.15 bits per heavy atom. The Morgan fingerprint density at radius 2 is 0.769 bits per heavy atom. The van der Waals surface area contributed by atoms with Crippen LogP contribution in [0.25, 0.3) is 0 Å². The minimum atomic E-state index is -0.0238. The van der Waals surface area contributed by atoms with Gasteiger partial charge in [-0.05, 0) is 28.7 Å². The molecule has 0 radical (unpaired) electrons. The van der Waals surface area contributed by atoms with Crippen LogP contribution in [-0.2, 0) is 9.47 Å². The molecule has 4 aromatic carbocycles. The number of hydrogen-bond donors (Lipinski definition) is 0. The monoisotopic (exact) mass is 520 g/mol. The fourth-order valence-electron chi connectivity index (χ4n) is 5.31. The maximum atomic E-state index is 6.45. The molecule has 202 valence electrons. The van der Waals surface area contributed by atoms with E-state index in [1.165, 1.54) is 22.3 Å².